The zero-order chi connectivity index (χ0) is 20.8. The average molecular weight is 387 g/mol. The summed E-state index contributed by atoms with van der Waals surface area (Å²) in [4.78, 5) is 37.0. The van der Waals surface area contributed by atoms with Gasteiger partial charge in [-0.2, -0.15) is 0 Å². The lowest BCUT2D eigenvalue weighted by Crippen LogP contribution is -2.38. The van der Waals surface area contributed by atoms with Crippen molar-refractivity contribution in [3.63, 3.8) is 0 Å². The van der Waals surface area contributed by atoms with E-state index in [-0.39, 0.29) is 12.5 Å². The summed E-state index contributed by atoms with van der Waals surface area (Å²) in [6, 6.07) is 9.18. The topological polar surface area (TPSA) is 89.9 Å². The van der Waals surface area contributed by atoms with E-state index in [0.717, 1.165) is 17.1 Å². The maximum absolute atomic E-state index is 12.4. The molecular weight excluding hydrogens is 362 g/mol. The first-order chi connectivity index (χ1) is 13.2. The summed E-state index contributed by atoms with van der Waals surface area (Å²) >= 11 is 0. The van der Waals surface area contributed by atoms with Crippen LogP contribution in [0, 0.1) is 13.8 Å². The van der Waals surface area contributed by atoms with Gasteiger partial charge in [-0.25, -0.2) is 4.79 Å². The second-order valence-electron chi connectivity index (χ2n) is 6.46. The molecule has 0 unspecified atom stereocenters. The van der Waals surface area contributed by atoms with Gasteiger partial charge in [-0.3, -0.25) is 9.59 Å². The lowest BCUT2D eigenvalue weighted by Gasteiger charge is -2.11. The second kappa shape index (κ2) is 9.07. The highest BCUT2D eigenvalue weighted by molar-refractivity contribution is 5.93. The molecule has 1 heterocycles. The van der Waals surface area contributed by atoms with Crippen LogP contribution >= 0.6 is 0 Å². The predicted molar refractivity (Wildman–Crippen MR) is 104 cm³/mol. The van der Waals surface area contributed by atoms with E-state index in [1.165, 1.54) is 4.90 Å². The van der Waals surface area contributed by atoms with Crippen LogP contribution in [0.15, 0.2) is 30.3 Å². The summed E-state index contributed by atoms with van der Waals surface area (Å²) in [6.07, 6.45) is 0. The molecule has 1 N–H and O–H groups in total. The molecule has 0 aliphatic heterocycles. The molecule has 0 spiro atoms. The number of ether oxygens (including phenoxy) is 2. The molecule has 0 fully saturated rings. The number of methoxy groups -OCH3 is 1. The number of aromatic nitrogens is 1. The van der Waals surface area contributed by atoms with Gasteiger partial charge in [0.2, 0.25) is 5.91 Å². The summed E-state index contributed by atoms with van der Waals surface area (Å²) in [5.74, 6) is -0.637. The first-order valence-electron chi connectivity index (χ1n) is 8.72. The number of hydrogen-bond acceptors (Lipinski definition) is 5. The average Bonchev–Trinajstić information content (AvgIpc) is 2.98. The number of esters is 1. The Morgan fingerprint density at radius 2 is 1.75 bits per heavy atom. The Balaban J connectivity index is 2.04. The quantitative estimate of drug-likeness (QED) is 0.727. The Bertz CT molecular complexity index is 869. The molecule has 0 saturated carbocycles. The van der Waals surface area contributed by atoms with Crippen LogP contribution in [0.25, 0.3) is 5.69 Å². The first kappa shape index (κ1) is 21.0. The molecule has 28 heavy (non-hydrogen) atoms. The highest BCUT2D eigenvalue weighted by Gasteiger charge is 2.19. The Labute approximate surface area is 164 Å². The fraction of sp³-hybridized carbons (Fsp3) is 0.350. The van der Waals surface area contributed by atoms with E-state index in [0.29, 0.717) is 11.3 Å². The van der Waals surface area contributed by atoms with Crippen LogP contribution in [0.2, 0.25) is 0 Å². The van der Waals surface area contributed by atoms with Crippen LogP contribution in [0.3, 0.4) is 0 Å². The van der Waals surface area contributed by atoms with Gasteiger partial charge in [0.05, 0.1) is 19.2 Å². The number of nitrogens with zero attached hydrogens (tertiary/aromatic N) is 2. The Hall–Kier alpha value is -3.29. The number of aryl methyl sites for hydroxylation is 1. The Morgan fingerprint density at radius 1 is 1.11 bits per heavy atom. The van der Waals surface area contributed by atoms with Crippen molar-refractivity contribution in [2.45, 2.75) is 13.8 Å². The van der Waals surface area contributed by atoms with Crippen molar-refractivity contribution in [2.75, 3.05) is 34.4 Å². The summed E-state index contributed by atoms with van der Waals surface area (Å²) in [6.45, 7) is 3.10. The summed E-state index contributed by atoms with van der Waals surface area (Å²) in [5, 5.41) is 2.41. The largest absolute Gasteiger partial charge is 0.497 e. The number of carbonyl (C=O) groups is 3. The molecule has 8 nitrogen and oxygen atoms in total. The van der Waals surface area contributed by atoms with Gasteiger partial charge in [0, 0.05) is 31.2 Å². The number of rotatable bonds is 7. The minimum absolute atomic E-state index is 0.143. The molecule has 0 bridgehead atoms. The van der Waals surface area contributed by atoms with Crippen molar-refractivity contribution in [2.24, 2.45) is 0 Å². The van der Waals surface area contributed by atoms with Gasteiger partial charge in [-0.05, 0) is 44.2 Å². The Kier molecular flexibility index (Phi) is 6.81. The molecule has 1 aromatic heterocycles. The summed E-state index contributed by atoms with van der Waals surface area (Å²) < 4.78 is 12.2. The van der Waals surface area contributed by atoms with Gasteiger partial charge in [0.1, 0.15) is 5.75 Å². The van der Waals surface area contributed by atoms with Gasteiger partial charge in [-0.1, -0.05) is 0 Å². The molecule has 0 radical (unpaired) electrons. The van der Waals surface area contributed by atoms with Crippen molar-refractivity contribution in [1.82, 2.24) is 14.8 Å². The molecule has 0 saturated heterocycles. The lowest BCUT2D eigenvalue weighted by molar-refractivity contribution is -0.131. The number of hydrogen-bond donors (Lipinski definition) is 1. The molecule has 2 rings (SSSR count). The van der Waals surface area contributed by atoms with Gasteiger partial charge < -0.3 is 24.3 Å². The Morgan fingerprint density at radius 3 is 2.32 bits per heavy atom. The number of likely N-dealkylation sites (N-methyl/N-ethyl adjacent to an activating group) is 1. The molecule has 8 heteroatoms. The van der Waals surface area contributed by atoms with Crippen LogP contribution in [0.4, 0.5) is 0 Å². The predicted octanol–water partition coefficient (Wildman–Crippen LogP) is 1.46. The van der Waals surface area contributed by atoms with Crippen LogP contribution in [-0.2, 0) is 14.3 Å². The van der Waals surface area contributed by atoms with E-state index in [4.69, 9.17) is 9.47 Å². The first-order valence-corrected chi connectivity index (χ1v) is 8.72. The highest BCUT2D eigenvalue weighted by Crippen LogP contribution is 2.23. The third-order valence-corrected chi connectivity index (χ3v) is 4.25. The number of carbonyl (C=O) groups excluding carboxylic acids is 3. The van der Waals surface area contributed by atoms with E-state index >= 15 is 0 Å². The maximum Gasteiger partial charge on any atom is 0.340 e. The van der Waals surface area contributed by atoms with Gasteiger partial charge >= 0.3 is 5.97 Å². The van der Waals surface area contributed by atoms with Crippen LogP contribution < -0.4 is 10.1 Å². The van der Waals surface area contributed by atoms with Crippen molar-refractivity contribution in [3.8, 4) is 11.4 Å². The minimum Gasteiger partial charge on any atom is -0.497 e. The third-order valence-electron chi connectivity index (χ3n) is 4.25. The zero-order valence-electron chi connectivity index (χ0n) is 16.7. The van der Waals surface area contributed by atoms with E-state index in [1.54, 1.807) is 27.3 Å². The van der Waals surface area contributed by atoms with Gasteiger partial charge in [0.25, 0.3) is 5.91 Å². The smallest absolute Gasteiger partial charge is 0.340 e. The lowest BCUT2D eigenvalue weighted by atomic mass is 10.2. The molecule has 2 aromatic rings. The molecule has 0 aliphatic rings. The van der Waals surface area contributed by atoms with E-state index in [2.05, 4.69) is 5.32 Å². The molecule has 0 aliphatic carbocycles. The fourth-order valence-electron chi connectivity index (χ4n) is 2.69. The molecule has 0 atom stereocenters. The maximum atomic E-state index is 12.4. The van der Waals surface area contributed by atoms with E-state index in [9.17, 15) is 14.4 Å². The number of benzene rings is 1. The number of nitrogens with one attached hydrogen (secondary N) is 1. The fourth-order valence-corrected chi connectivity index (χ4v) is 2.69. The van der Waals surface area contributed by atoms with Crippen molar-refractivity contribution < 1.29 is 23.9 Å². The van der Waals surface area contributed by atoms with E-state index in [1.807, 2.05) is 42.7 Å². The van der Waals surface area contributed by atoms with Gasteiger partial charge in [-0.15, -0.1) is 0 Å². The third kappa shape index (κ3) is 4.91. The summed E-state index contributed by atoms with van der Waals surface area (Å²) in [7, 11) is 4.78. The van der Waals surface area contributed by atoms with Crippen molar-refractivity contribution in [3.05, 3.63) is 47.3 Å². The monoisotopic (exact) mass is 387 g/mol. The molecule has 2 amide bonds. The van der Waals surface area contributed by atoms with Crippen molar-refractivity contribution >= 4 is 17.8 Å². The minimum atomic E-state index is -0.595. The van der Waals surface area contributed by atoms with Crippen LogP contribution in [-0.4, -0.2) is 61.6 Å². The van der Waals surface area contributed by atoms with Crippen molar-refractivity contribution in [1.29, 1.82) is 0 Å². The zero-order valence-corrected chi connectivity index (χ0v) is 16.7. The summed E-state index contributed by atoms with van der Waals surface area (Å²) in [5.41, 5.74) is 2.83. The molecular formula is C20H25N3O5. The second-order valence-corrected chi connectivity index (χ2v) is 6.46. The molecule has 1 aromatic carbocycles. The standard InChI is InChI=1S/C20H25N3O5/c1-13-10-17(14(2)23(13)15-6-8-16(27-5)9-7-15)20(26)28-12-18(24)21-11-19(25)22(3)4/h6-10H,11-12H2,1-5H3,(H,21,24). The highest BCUT2D eigenvalue weighted by atomic mass is 16.5. The van der Waals surface area contributed by atoms with Gasteiger partial charge in [0.15, 0.2) is 6.61 Å². The molecule has 150 valence electrons. The number of amides is 2. The van der Waals surface area contributed by atoms with Crippen LogP contribution in [0.1, 0.15) is 21.7 Å². The van der Waals surface area contributed by atoms with Crippen LogP contribution in [0.5, 0.6) is 5.75 Å². The SMILES string of the molecule is COc1ccc(-n2c(C)cc(C(=O)OCC(=O)NCC(=O)N(C)C)c2C)cc1. The van der Waals surface area contributed by atoms with E-state index < -0.39 is 18.5 Å². The normalized spacial score (nSPS) is 10.3.